The Morgan fingerprint density at radius 2 is 1.46 bits per heavy atom. The number of carbonyl (C=O) groups excluding carboxylic acids is 2. The van der Waals surface area contributed by atoms with E-state index in [-0.39, 0.29) is 72.0 Å². The summed E-state index contributed by atoms with van der Waals surface area (Å²) in [6.07, 6.45) is -1.47. The molecule has 0 bridgehead atoms. The van der Waals surface area contributed by atoms with Crippen molar-refractivity contribution in [1.82, 2.24) is 0 Å². The van der Waals surface area contributed by atoms with Crippen LogP contribution in [0.2, 0.25) is 0 Å². The van der Waals surface area contributed by atoms with Crippen LogP contribution in [0.1, 0.15) is 12.8 Å². The molecule has 0 spiro atoms. The van der Waals surface area contributed by atoms with E-state index in [1.165, 1.54) is 0 Å². The molecule has 1 fully saturated rings. The van der Waals surface area contributed by atoms with Crippen LogP contribution in [0.25, 0.3) is 0 Å². The minimum atomic E-state index is -1.95. The number of aliphatic hydroxyl groups excluding tert-OH is 1. The summed E-state index contributed by atoms with van der Waals surface area (Å²) in [5.74, 6) is -3.36. The topological polar surface area (TPSA) is 100 Å². The van der Waals surface area contributed by atoms with Crippen molar-refractivity contribution in [2.75, 3.05) is 0 Å². The third kappa shape index (κ3) is 2.92. The largest absolute Gasteiger partial charge is 1.00 e. The number of rotatable bonds is 2. The van der Waals surface area contributed by atoms with Crippen LogP contribution in [-0.2, 0) is 9.59 Å². The Bertz CT molecular complexity index is 195. The normalized spacial score (nSPS) is 18.8. The predicted molar refractivity (Wildman–Crippen MR) is 27.7 cm³/mol. The third-order valence-electron chi connectivity index (χ3n) is 1.95. The van der Waals surface area contributed by atoms with Gasteiger partial charge in [-0.3, -0.25) is 0 Å². The first kappa shape index (κ1) is 16.3. The molecule has 1 aliphatic carbocycles. The Morgan fingerprint density at radius 3 is 1.54 bits per heavy atom. The summed E-state index contributed by atoms with van der Waals surface area (Å²) in [4.78, 5) is 20.5. The molecule has 0 atom stereocenters. The molecule has 0 aliphatic heterocycles. The number of aliphatic carboxylic acids is 2. The fourth-order valence-electron chi connectivity index (χ4n) is 1.16. The molecular formula is C6H6Na2O5. The number of hydrogen-bond acceptors (Lipinski definition) is 5. The van der Waals surface area contributed by atoms with Gasteiger partial charge in [-0.15, -0.1) is 0 Å². The molecule has 0 unspecified atom stereocenters. The molecule has 1 saturated carbocycles. The molecule has 7 heteroatoms. The van der Waals surface area contributed by atoms with Crippen molar-refractivity contribution in [2.24, 2.45) is 5.41 Å². The van der Waals surface area contributed by atoms with E-state index in [4.69, 9.17) is 5.11 Å². The van der Waals surface area contributed by atoms with Crippen molar-refractivity contribution in [1.29, 1.82) is 0 Å². The molecule has 0 radical (unpaired) electrons. The predicted octanol–water partition coefficient (Wildman–Crippen LogP) is -9.36. The van der Waals surface area contributed by atoms with Gasteiger partial charge in [-0.2, -0.15) is 0 Å². The smallest absolute Gasteiger partial charge is 0.549 e. The Morgan fingerprint density at radius 1 is 1.15 bits per heavy atom. The maximum atomic E-state index is 10.2. The van der Waals surface area contributed by atoms with Crippen LogP contribution < -0.4 is 69.3 Å². The maximum absolute atomic E-state index is 10.2. The minimum Gasteiger partial charge on any atom is -0.549 e. The standard InChI is InChI=1S/C6H8O5.2Na/c7-3-1-6(2-3,4(8)9)5(10)11;;/h3,7H,1-2H2,(H,8,9)(H,10,11);;/q;2*+1/p-2. The zero-order chi connectivity index (χ0) is 8.65. The SMILES string of the molecule is O=C([O-])C1(C(=O)[O-])CC(O)C1.[Na+].[Na+]. The second-order valence-electron chi connectivity index (χ2n) is 2.72. The summed E-state index contributed by atoms with van der Waals surface area (Å²) in [5, 5.41) is 29.2. The van der Waals surface area contributed by atoms with Crippen molar-refractivity contribution in [3.63, 3.8) is 0 Å². The molecule has 5 nitrogen and oxygen atoms in total. The molecule has 0 saturated heterocycles. The summed E-state index contributed by atoms with van der Waals surface area (Å²) < 4.78 is 0. The van der Waals surface area contributed by atoms with Crippen molar-refractivity contribution < 1.29 is 84.0 Å². The minimum absolute atomic E-state index is 0. The van der Waals surface area contributed by atoms with E-state index < -0.39 is 23.5 Å². The molecule has 1 aliphatic rings. The molecular weight excluding hydrogens is 198 g/mol. The Labute approximate surface area is 119 Å². The average molecular weight is 204 g/mol. The van der Waals surface area contributed by atoms with E-state index in [2.05, 4.69) is 0 Å². The maximum Gasteiger partial charge on any atom is 1.00 e. The molecule has 1 rings (SSSR count). The van der Waals surface area contributed by atoms with E-state index in [0.29, 0.717) is 0 Å². The van der Waals surface area contributed by atoms with Crippen LogP contribution in [0.5, 0.6) is 0 Å². The fraction of sp³-hybridized carbons (Fsp3) is 0.667. The van der Waals surface area contributed by atoms with Crippen LogP contribution in [0.4, 0.5) is 0 Å². The Kier molecular flexibility index (Phi) is 7.16. The van der Waals surface area contributed by atoms with Gasteiger partial charge in [0, 0.05) is 0 Å². The summed E-state index contributed by atoms with van der Waals surface area (Å²) in [5.41, 5.74) is -1.95. The molecule has 62 valence electrons. The summed E-state index contributed by atoms with van der Waals surface area (Å²) in [6.45, 7) is 0. The van der Waals surface area contributed by atoms with Crippen LogP contribution >= 0.6 is 0 Å². The molecule has 0 aromatic heterocycles. The summed E-state index contributed by atoms with van der Waals surface area (Å²) in [7, 11) is 0. The van der Waals surface area contributed by atoms with Crippen molar-refractivity contribution >= 4 is 11.9 Å². The quantitative estimate of drug-likeness (QED) is 0.355. The van der Waals surface area contributed by atoms with Crippen LogP contribution in [0.15, 0.2) is 0 Å². The third-order valence-corrected chi connectivity index (χ3v) is 1.95. The summed E-state index contributed by atoms with van der Waals surface area (Å²) in [6, 6.07) is 0. The van der Waals surface area contributed by atoms with Crippen LogP contribution in [0.3, 0.4) is 0 Å². The van der Waals surface area contributed by atoms with Crippen molar-refractivity contribution in [2.45, 2.75) is 18.9 Å². The van der Waals surface area contributed by atoms with Gasteiger partial charge < -0.3 is 24.9 Å². The monoisotopic (exact) mass is 204 g/mol. The molecule has 1 N–H and O–H groups in total. The molecule has 13 heavy (non-hydrogen) atoms. The molecule has 0 heterocycles. The number of carbonyl (C=O) groups is 2. The van der Waals surface area contributed by atoms with Crippen LogP contribution in [-0.4, -0.2) is 23.1 Å². The van der Waals surface area contributed by atoms with Gasteiger partial charge in [-0.25, -0.2) is 0 Å². The number of aliphatic hydroxyl groups is 1. The van der Waals surface area contributed by atoms with Gasteiger partial charge in [-0.05, 0) is 12.8 Å². The molecule has 0 aromatic carbocycles. The fourth-order valence-corrected chi connectivity index (χ4v) is 1.16. The second-order valence-corrected chi connectivity index (χ2v) is 2.72. The van der Waals surface area contributed by atoms with E-state index >= 15 is 0 Å². The Hall–Kier alpha value is 0.900. The summed E-state index contributed by atoms with van der Waals surface area (Å²) >= 11 is 0. The van der Waals surface area contributed by atoms with Crippen molar-refractivity contribution in [3.8, 4) is 0 Å². The molecule has 0 aromatic rings. The van der Waals surface area contributed by atoms with Gasteiger partial charge in [0.2, 0.25) is 0 Å². The molecule has 0 amide bonds. The second kappa shape index (κ2) is 5.70. The number of carboxylic acids is 2. The first-order valence-corrected chi connectivity index (χ1v) is 3.10. The van der Waals surface area contributed by atoms with Crippen LogP contribution in [0, 0.1) is 5.41 Å². The zero-order valence-electron chi connectivity index (χ0n) is 7.57. The van der Waals surface area contributed by atoms with Crippen molar-refractivity contribution in [3.05, 3.63) is 0 Å². The van der Waals surface area contributed by atoms with Gasteiger partial charge >= 0.3 is 59.1 Å². The van der Waals surface area contributed by atoms with Gasteiger partial charge in [0.15, 0.2) is 0 Å². The average Bonchev–Trinajstić information content (AvgIpc) is 1.78. The van der Waals surface area contributed by atoms with Gasteiger partial charge in [0.05, 0.1) is 23.5 Å². The van der Waals surface area contributed by atoms with E-state index in [1.54, 1.807) is 0 Å². The van der Waals surface area contributed by atoms with Gasteiger partial charge in [0.1, 0.15) is 0 Å². The van der Waals surface area contributed by atoms with E-state index in [0.717, 1.165) is 0 Å². The van der Waals surface area contributed by atoms with Gasteiger partial charge in [0.25, 0.3) is 0 Å². The van der Waals surface area contributed by atoms with E-state index in [9.17, 15) is 19.8 Å². The van der Waals surface area contributed by atoms with Gasteiger partial charge in [-0.1, -0.05) is 0 Å². The first-order chi connectivity index (χ1) is 4.99. The Balaban J connectivity index is 0. The number of hydrogen-bond donors (Lipinski definition) is 1. The first-order valence-electron chi connectivity index (χ1n) is 3.10. The van der Waals surface area contributed by atoms with E-state index in [1.807, 2.05) is 0 Å². The zero-order valence-corrected chi connectivity index (χ0v) is 11.6. The number of carboxylic acid groups (broad SMARTS) is 2.